The highest BCUT2D eigenvalue weighted by atomic mass is 32.2. The zero-order valence-corrected chi connectivity index (χ0v) is 19.8. The molecule has 0 aliphatic heterocycles. The number of thioether (sulfide) groups is 1. The van der Waals surface area contributed by atoms with Gasteiger partial charge in [0.15, 0.2) is 5.16 Å². The second-order valence-corrected chi connectivity index (χ2v) is 9.69. The zero-order chi connectivity index (χ0) is 23.4. The van der Waals surface area contributed by atoms with Gasteiger partial charge < -0.3 is 5.32 Å². The maximum atomic E-state index is 13.1. The van der Waals surface area contributed by atoms with E-state index >= 15 is 0 Å². The van der Waals surface area contributed by atoms with Gasteiger partial charge >= 0.3 is 0 Å². The highest BCUT2D eigenvalue weighted by Crippen LogP contribution is 2.29. The van der Waals surface area contributed by atoms with Crippen LogP contribution in [0.4, 0.5) is 5.69 Å². The number of fused-ring (bicyclic) bond motifs is 1. The molecule has 33 heavy (non-hydrogen) atoms. The molecular weight excluding hydrogens is 430 g/mol. The minimum atomic E-state index is -0.444. The highest BCUT2D eigenvalue weighted by Gasteiger charge is 2.21. The Hall–Kier alpha value is -3.38. The molecule has 1 aromatic heterocycles. The Labute approximate surface area is 197 Å². The first-order valence-corrected chi connectivity index (χ1v) is 11.9. The van der Waals surface area contributed by atoms with Crippen LogP contribution in [0.2, 0.25) is 0 Å². The van der Waals surface area contributed by atoms with Crippen LogP contribution in [0, 0.1) is 5.92 Å². The smallest absolute Gasteiger partial charge is 0.262 e. The van der Waals surface area contributed by atoms with Crippen LogP contribution in [-0.4, -0.2) is 20.7 Å². The SMILES string of the molecule is CC(C)Cn1c(S[C@H](C)C(=O)Nc2ccccc2-c2ccccc2)nc2ccccc2c1=O. The van der Waals surface area contributed by atoms with Crippen LogP contribution in [0.25, 0.3) is 22.0 Å². The largest absolute Gasteiger partial charge is 0.325 e. The summed E-state index contributed by atoms with van der Waals surface area (Å²) in [6.45, 7) is 6.51. The minimum absolute atomic E-state index is 0.0705. The van der Waals surface area contributed by atoms with Gasteiger partial charge in [-0.25, -0.2) is 4.98 Å². The molecule has 0 saturated carbocycles. The van der Waals surface area contributed by atoms with Crippen LogP contribution in [0.3, 0.4) is 0 Å². The average Bonchev–Trinajstić information content (AvgIpc) is 2.82. The van der Waals surface area contributed by atoms with E-state index in [1.54, 1.807) is 10.6 Å². The van der Waals surface area contributed by atoms with E-state index in [4.69, 9.17) is 4.98 Å². The van der Waals surface area contributed by atoms with E-state index in [1.807, 2.05) is 79.7 Å². The van der Waals surface area contributed by atoms with E-state index in [9.17, 15) is 9.59 Å². The molecule has 0 aliphatic rings. The molecule has 0 fully saturated rings. The van der Waals surface area contributed by atoms with Crippen molar-refractivity contribution >= 4 is 34.3 Å². The third-order valence-corrected chi connectivity index (χ3v) is 6.39. The van der Waals surface area contributed by atoms with E-state index in [0.717, 1.165) is 16.8 Å². The van der Waals surface area contributed by atoms with Gasteiger partial charge in [0.25, 0.3) is 5.56 Å². The highest BCUT2D eigenvalue weighted by molar-refractivity contribution is 8.00. The number of hydrogen-bond acceptors (Lipinski definition) is 4. The summed E-state index contributed by atoms with van der Waals surface area (Å²) >= 11 is 1.31. The van der Waals surface area contributed by atoms with E-state index in [0.29, 0.717) is 22.6 Å². The summed E-state index contributed by atoms with van der Waals surface area (Å²) in [7, 11) is 0. The molecule has 0 saturated heterocycles. The first-order valence-electron chi connectivity index (χ1n) is 11.1. The van der Waals surface area contributed by atoms with Crippen LogP contribution in [0.1, 0.15) is 20.8 Å². The Morgan fingerprint density at radius 1 is 0.939 bits per heavy atom. The van der Waals surface area contributed by atoms with Gasteiger partial charge in [-0.15, -0.1) is 0 Å². The molecule has 6 heteroatoms. The predicted octanol–water partition coefficient (Wildman–Crippen LogP) is 5.84. The Kier molecular flexibility index (Phi) is 6.94. The molecule has 0 bridgehead atoms. The summed E-state index contributed by atoms with van der Waals surface area (Å²) in [6.07, 6.45) is 0. The number of amides is 1. The van der Waals surface area contributed by atoms with E-state index in [1.165, 1.54) is 11.8 Å². The molecule has 168 valence electrons. The molecule has 3 aromatic carbocycles. The van der Waals surface area contributed by atoms with Crippen molar-refractivity contribution in [2.45, 2.75) is 37.7 Å². The minimum Gasteiger partial charge on any atom is -0.325 e. The van der Waals surface area contributed by atoms with Crippen molar-refractivity contribution in [1.29, 1.82) is 0 Å². The molecule has 4 rings (SSSR count). The molecule has 1 atom stereocenters. The number of rotatable bonds is 7. The number of anilines is 1. The zero-order valence-electron chi connectivity index (χ0n) is 19.0. The summed E-state index contributed by atoms with van der Waals surface area (Å²) in [6, 6.07) is 25.1. The fourth-order valence-electron chi connectivity index (χ4n) is 3.67. The molecule has 0 radical (unpaired) electrons. The Bertz CT molecular complexity index is 1330. The third-order valence-electron chi connectivity index (χ3n) is 5.30. The van der Waals surface area contributed by atoms with Crippen molar-refractivity contribution < 1.29 is 4.79 Å². The lowest BCUT2D eigenvalue weighted by atomic mass is 10.0. The van der Waals surface area contributed by atoms with Gasteiger partial charge in [-0.3, -0.25) is 14.2 Å². The number of carbonyl (C=O) groups excluding carboxylic acids is 1. The van der Waals surface area contributed by atoms with E-state index in [-0.39, 0.29) is 17.4 Å². The molecule has 1 N–H and O–H groups in total. The van der Waals surface area contributed by atoms with E-state index in [2.05, 4.69) is 19.2 Å². The van der Waals surface area contributed by atoms with Gasteiger partial charge in [0, 0.05) is 17.8 Å². The molecule has 0 unspecified atom stereocenters. The number of carbonyl (C=O) groups is 1. The van der Waals surface area contributed by atoms with Crippen molar-refractivity contribution in [3.63, 3.8) is 0 Å². The summed E-state index contributed by atoms with van der Waals surface area (Å²) in [5.41, 5.74) is 3.33. The summed E-state index contributed by atoms with van der Waals surface area (Å²) < 4.78 is 1.69. The van der Waals surface area contributed by atoms with Gasteiger partial charge in [-0.2, -0.15) is 0 Å². The lowest BCUT2D eigenvalue weighted by Gasteiger charge is -2.18. The van der Waals surface area contributed by atoms with Crippen molar-refractivity contribution in [3.8, 4) is 11.1 Å². The number of nitrogens with one attached hydrogen (secondary N) is 1. The molecular formula is C27H27N3O2S. The Balaban J connectivity index is 1.61. The van der Waals surface area contributed by atoms with Crippen molar-refractivity contribution in [2.75, 3.05) is 5.32 Å². The van der Waals surface area contributed by atoms with E-state index < -0.39 is 5.25 Å². The Morgan fingerprint density at radius 2 is 1.61 bits per heavy atom. The van der Waals surface area contributed by atoms with Crippen LogP contribution in [0.5, 0.6) is 0 Å². The maximum absolute atomic E-state index is 13.1. The summed E-state index contributed by atoms with van der Waals surface area (Å²) in [5.74, 6) is 0.133. The van der Waals surface area contributed by atoms with Crippen molar-refractivity contribution in [2.24, 2.45) is 5.92 Å². The normalized spacial score (nSPS) is 12.1. The Morgan fingerprint density at radius 3 is 2.36 bits per heavy atom. The molecule has 0 aliphatic carbocycles. The summed E-state index contributed by atoms with van der Waals surface area (Å²) in [4.78, 5) is 31.0. The molecule has 4 aromatic rings. The molecule has 5 nitrogen and oxygen atoms in total. The lowest BCUT2D eigenvalue weighted by Crippen LogP contribution is -2.28. The number of para-hydroxylation sites is 2. The van der Waals surface area contributed by atoms with Gasteiger partial charge in [-0.05, 0) is 36.6 Å². The number of nitrogens with zero attached hydrogens (tertiary/aromatic N) is 2. The monoisotopic (exact) mass is 457 g/mol. The van der Waals surface area contributed by atoms with Gasteiger partial charge in [-0.1, -0.05) is 86.3 Å². The quantitative estimate of drug-likeness (QED) is 0.280. The molecule has 0 spiro atoms. The van der Waals surface area contributed by atoms with Crippen LogP contribution < -0.4 is 10.9 Å². The summed E-state index contributed by atoms with van der Waals surface area (Å²) in [5, 5.41) is 3.78. The van der Waals surface area contributed by atoms with Crippen LogP contribution in [-0.2, 0) is 11.3 Å². The molecule has 1 amide bonds. The van der Waals surface area contributed by atoms with Gasteiger partial charge in [0.2, 0.25) is 5.91 Å². The van der Waals surface area contributed by atoms with Crippen molar-refractivity contribution in [1.82, 2.24) is 9.55 Å². The standard InChI is InChI=1S/C27H27N3O2S/c1-18(2)17-30-26(32)22-14-8-10-16-24(22)29-27(30)33-19(3)25(31)28-23-15-9-7-13-21(23)20-11-5-4-6-12-20/h4-16,18-19H,17H2,1-3H3,(H,28,31)/t19-/m1/s1. The first kappa shape index (κ1) is 22.8. The number of hydrogen-bond donors (Lipinski definition) is 1. The van der Waals surface area contributed by atoms with Crippen LogP contribution in [0.15, 0.2) is 88.8 Å². The third kappa shape index (κ3) is 5.17. The first-order chi connectivity index (χ1) is 15.9. The number of aromatic nitrogens is 2. The second kappa shape index (κ2) is 10.0. The lowest BCUT2D eigenvalue weighted by molar-refractivity contribution is -0.115. The average molecular weight is 458 g/mol. The number of benzene rings is 3. The topological polar surface area (TPSA) is 64.0 Å². The van der Waals surface area contributed by atoms with Crippen molar-refractivity contribution in [3.05, 3.63) is 89.2 Å². The fraction of sp³-hybridized carbons (Fsp3) is 0.222. The van der Waals surface area contributed by atoms with Gasteiger partial charge in [0.05, 0.1) is 16.2 Å². The fourth-order valence-corrected chi connectivity index (χ4v) is 4.59. The maximum Gasteiger partial charge on any atom is 0.262 e. The second-order valence-electron chi connectivity index (χ2n) is 8.38. The van der Waals surface area contributed by atoms with Crippen LogP contribution >= 0.6 is 11.8 Å². The molecule has 1 heterocycles. The van der Waals surface area contributed by atoms with Gasteiger partial charge in [0.1, 0.15) is 0 Å². The predicted molar refractivity (Wildman–Crippen MR) is 137 cm³/mol.